The van der Waals surface area contributed by atoms with E-state index in [1.54, 1.807) is 0 Å². The molecule has 2 atom stereocenters. The number of rotatable bonds is 13. The van der Waals surface area contributed by atoms with Crippen molar-refractivity contribution in [3.63, 3.8) is 0 Å². The summed E-state index contributed by atoms with van der Waals surface area (Å²) in [5, 5.41) is 3.65. The lowest BCUT2D eigenvalue weighted by Gasteiger charge is -2.27. The van der Waals surface area contributed by atoms with Gasteiger partial charge in [0.1, 0.15) is 0 Å². The lowest BCUT2D eigenvalue weighted by molar-refractivity contribution is 0.0573. The second-order valence-corrected chi connectivity index (χ2v) is 5.05. The zero-order chi connectivity index (χ0) is 13.6. The summed E-state index contributed by atoms with van der Waals surface area (Å²) in [5.41, 5.74) is 0. The van der Waals surface area contributed by atoms with Crippen LogP contribution in [0.3, 0.4) is 0 Å². The molecule has 0 saturated carbocycles. The maximum Gasteiger partial charge on any atom is 0.0724 e. The number of unbranched alkanes of at least 4 members (excludes halogenated alkanes) is 3. The molecule has 0 heterocycles. The first-order valence-corrected chi connectivity index (χ1v) is 7.67. The molecule has 0 aromatic carbocycles. The third kappa shape index (κ3) is 8.71. The minimum absolute atomic E-state index is 0.376. The molecule has 0 bridgehead atoms. The van der Waals surface area contributed by atoms with E-state index in [1.165, 1.54) is 38.5 Å². The molecule has 0 saturated heterocycles. The average molecular weight is 255 g/mol. The van der Waals surface area contributed by atoms with Gasteiger partial charge in [0.05, 0.1) is 6.10 Å². The van der Waals surface area contributed by atoms with Crippen molar-refractivity contribution in [2.24, 2.45) is 0 Å². The summed E-state index contributed by atoms with van der Waals surface area (Å²) in [5.74, 6) is 0. The maximum absolute atomic E-state index is 5.65. The Labute approximate surface area is 114 Å². The van der Waals surface area contributed by atoms with Crippen molar-refractivity contribution < 1.29 is 4.74 Å². The van der Waals surface area contributed by atoms with Crippen molar-refractivity contribution in [1.82, 2.24) is 5.32 Å². The standard InChI is InChI=1S/C16H33NO/c1-5-8-9-10-11-13-15(17-14-7-3)16(18-4)12-6-2/h5,15-17H,1,6-14H2,2-4H3. The molecule has 0 rings (SSSR count). The van der Waals surface area contributed by atoms with E-state index in [2.05, 4.69) is 25.7 Å². The van der Waals surface area contributed by atoms with Gasteiger partial charge in [0, 0.05) is 13.2 Å². The van der Waals surface area contributed by atoms with Crippen LogP contribution in [0.15, 0.2) is 12.7 Å². The fraction of sp³-hybridized carbons (Fsp3) is 0.875. The lowest BCUT2D eigenvalue weighted by atomic mass is 9.99. The Morgan fingerprint density at radius 1 is 1.11 bits per heavy atom. The van der Waals surface area contributed by atoms with Gasteiger partial charge in [-0.25, -0.2) is 0 Å². The molecule has 108 valence electrons. The van der Waals surface area contributed by atoms with Gasteiger partial charge < -0.3 is 10.1 Å². The number of hydrogen-bond acceptors (Lipinski definition) is 2. The molecule has 1 N–H and O–H groups in total. The van der Waals surface area contributed by atoms with Crippen molar-refractivity contribution in [2.75, 3.05) is 13.7 Å². The fourth-order valence-corrected chi connectivity index (χ4v) is 2.35. The van der Waals surface area contributed by atoms with Crippen molar-refractivity contribution in [1.29, 1.82) is 0 Å². The minimum atomic E-state index is 0.376. The molecular weight excluding hydrogens is 222 g/mol. The van der Waals surface area contributed by atoms with Gasteiger partial charge >= 0.3 is 0 Å². The first-order chi connectivity index (χ1) is 8.79. The normalized spacial score (nSPS) is 14.4. The molecule has 2 nitrogen and oxygen atoms in total. The Morgan fingerprint density at radius 3 is 2.44 bits per heavy atom. The topological polar surface area (TPSA) is 21.3 Å². The summed E-state index contributed by atoms with van der Waals surface area (Å²) < 4.78 is 5.65. The predicted molar refractivity (Wildman–Crippen MR) is 81.1 cm³/mol. The molecule has 18 heavy (non-hydrogen) atoms. The van der Waals surface area contributed by atoms with Crippen molar-refractivity contribution in [3.8, 4) is 0 Å². The molecule has 0 fully saturated rings. The van der Waals surface area contributed by atoms with Crippen LogP contribution in [0.1, 0.15) is 65.2 Å². The quantitative estimate of drug-likeness (QED) is 0.391. The van der Waals surface area contributed by atoms with Crippen LogP contribution in [0.25, 0.3) is 0 Å². The summed E-state index contributed by atoms with van der Waals surface area (Å²) in [4.78, 5) is 0. The predicted octanol–water partition coefficient (Wildman–Crippen LogP) is 4.31. The molecule has 0 amide bonds. The number of hydrogen-bond donors (Lipinski definition) is 1. The summed E-state index contributed by atoms with van der Waals surface area (Å²) in [7, 11) is 1.85. The van der Waals surface area contributed by atoms with Gasteiger partial charge in [0.15, 0.2) is 0 Å². The highest BCUT2D eigenvalue weighted by atomic mass is 16.5. The van der Waals surface area contributed by atoms with E-state index in [9.17, 15) is 0 Å². The molecule has 0 aliphatic heterocycles. The van der Waals surface area contributed by atoms with Crippen LogP contribution in [-0.4, -0.2) is 25.8 Å². The van der Waals surface area contributed by atoms with Crippen LogP contribution in [0.2, 0.25) is 0 Å². The second-order valence-electron chi connectivity index (χ2n) is 5.05. The molecule has 0 aliphatic carbocycles. The van der Waals surface area contributed by atoms with Crippen molar-refractivity contribution >= 4 is 0 Å². The minimum Gasteiger partial charge on any atom is -0.380 e. The Bertz CT molecular complexity index is 182. The van der Waals surface area contributed by atoms with E-state index < -0.39 is 0 Å². The van der Waals surface area contributed by atoms with Gasteiger partial charge in [-0.2, -0.15) is 0 Å². The van der Waals surface area contributed by atoms with E-state index in [1.807, 2.05) is 13.2 Å². The summed E-state index contributed by atoms with van der Waals surface area (Å²) >= 11 is 0. The van der Waals surface area contributed by atoms with Gasteiger partial charge in [0.2, 0.25) is 0 Å². The highest BCUT2D eigenvalue weighted by molar-refractivity contribution is 4.77. The van der Waals surface area contributed by atoms with Gasteiger partial charge in [-0.05, 0) is 38.6 Å². The zero-order valence-electron chi connectivity index (χ0n) is 12.7. The van der Waals surface area contributed by atoms with E-state index in [4.69, 9.17) is 4.74 Å². The van der Waals surface area contributed by atoms with Crippen LogP contribution >= 0.6 is 0 Å². The Kier molecular flexibility index (Phi) is 12.9. The van der Waals surface area contributed by atoms with E-state index >= 15 is 0 Å². The second kappa shape index (κ2) is 13.1. The molecule has 2 heteroatoms. The maximum atomic E-state index is 5.65. The van der Waals surface area contributed by atoms with Crippen LogP contribution in [-0.2, 0) is 4.74 Å². The molecule has 0 aromatic rings. The highest BCUT2D eigenvalue weighted by Crippen LogP contribution is 2.14. The van der Waals surface area contributed by atoms with Gasteiger partial charge in [-0.1, -0.05) is 39.2 Å². The summed E-state index contributed by atoms with van der Waals surface area (Å²) in [6, 6.07) is 0.527. The molecular formula is C16H33NO. The largest absolute Gasteiger partial charge is 0.380 e. The number of methoxy groups -OCH3 is 1. The van der Waals surface area contributed by atoms with E-state index in [-0.39, 0.29) is 0 Å². The SMILES string of the molecule is C=CCCCCCC(NCCC)C(CCC)OC. The van der Waals surface area contributed by atoms with E-state index in [0.717, 1.165) is 19.4 Å². The Hall–Kier alpha value is -0.340. The van der Waals surface area contributed by atoms with Crippen molar-refractivity contribution in [2.45, 2.75) is 77.4 Å². The van der Waals surface area contributed by atoms with Crippen LogP contribution in [0, 0.1) is 0 Å². The first kappa shape index (κ1) is 17.7. The molecule has 0 radical (unpaired) electrons. The number of allylic oxidation sites excluding steroid dienone is 1. The fourth-order valence-electron chi connectivity index (χ4n) is 2.35. The van der Waals surface area contributed by atoms with Crippen molar-refractivity contribution in [3.05, 3.63) is 12.7 Å². The lowest BCUT2D eigenvalue weighted by Crippen LogP contribution is -2.41. The van der Waals surface area contributed by atoms with Crippen LogP contribution in [0.4, 0.5) is 0 Å². The van der Waals surface area contributed by atoms with Crippen LogP contribution in [0.5, 0.6) is 0 Å². The number of nitrogens with one attached hydrogen (secondary N) is 1. The Morgan fingerprint density at radius 2 is 1.89 bits per heavy atom. The Balaban J connectivity index is 3.98. The molecule has 0 aromatic heterocycles. The van der Waals surface area contributed by atoms with Gasteiger partial charge in [-0.15, -0.1) is 6.58 Å². The molecule has 0 spiro atoms. The van der Waals surface area contributed by atoms with Gasteiger partial charge in [-0.3, -0.25) is 0 Å². The van der Waals surface area contributed by atoms with Gasteiger partial charge in [0.25, 0.3) is 0 Å². The summed E-state index contributed by atoms with van der Waals surface area (Å²) in [6.07, 6.45) is 12.2. The third-order valence-electron chi connectivity index (χ3n) is 3.40. The molecule has 0 aliphatic rings. The molecule has 2 unspecified atom stereocenters. The smallest absolute Gasteiger partial charge is 0.0724 e. The number of ether oxygens (including phenoxy) is 1. The van der Waals surface area contributed by atoms with Crippen LogP contribution < -0.4 is 5.32 Å². The van der Waals surface area contributed by atoms with E-state index in [0.29, 0.717) is 12.1 Å². The monoisotopic (exact) mass is 255 g/mol. The third-order valence-corrected chi connectivity index (χ3v) is 3.40. The first-order valence-electron chi connectivity index (χ1n) is 7.67. The average Bonchev–Trinajstić information content (AvgIpc) is 2.39. The zero-order valence-corrected chi connectivity index (χ0v) is 12.7. The summed E-state index contributed by atoms with van der Waals surface area (Å²) in [6.45, 7) is 9.31. The highest BCUT2D eigenvalue weighted by Gasteiger charge is 2.19.